The average Bonchev–Trinajstić information content (AvgIpc) is 2.52. The van der Waals surface area contributed by atoms with Crippen LogP contribution in [0.1, 0.15) is 18.4 Å². The fourth-order valence-corrected chi connectivity index (χ4v) is 2.37. The summed E-state index contributed by atoms with van der Waals surface area (Å²) in [6.45, 7) is 2.40. The van der Waals surface area contributed by atoms with E-state index in [1.807, 2.05) is 37.3 Å². The molecule has 110 valence electrons. The quantitative estimate of drug-likeness (QED) is 0.918. The maximum Gasteiger partial charge on any atom is 0.235 e. The molecule has 3 nitrogen and oxygen atoms in total. The van der Waals surface area contributed by atoms with Crippen LogP contribution in [0.15, 0.2) is 54.6 Å². The van der Waals surface area contributed by atoms with Gasteiger partial charge >= 0.3 is 0 Å². The minimum Gasteiger partial charge on any atom is -0.329 e. The van der Waals surface area contributed by atoms with Crippen molar-refractivity contribution in [2.45, 2.75) is 12.8 Å². The number of amides is 1. The van der Waals surface area contributed by atoms with Crippen LogP contribution >= 0.6 is 0 Å². The Kier molecular flexibility index (Phi) is 5.06. The van der Waals surface area contributed by atoms with Gasteiger partial charge in [-0.15, -0.1) is 0 Å². The van der Waals surface area contributed by atoms with Crippen molar-refractivity contribution >= 4 is 11.6 Å². The lowest BCUT2D eigenvalue weighted by Gasteiger charge is -2.26. The minimum atomic E-state index is -0.467. The first-order chi connectivity index (χ1) is 10.2. The summed E-state index contributed by atoms with van der Waals surface area (Å²) in [4.78, 5) is 14.2. The smallest absolute Gasteiger partial charge is 0.235 e. The lowest BCUT2D eigenvalue weighted by molar-refractivity contribution is -0.119. The molecule has 0 aromatic heterocycles. The van der Waals surface area contributed by atoms with Crippen LogP contribution in [0.3, 0.4) is 0 Å². The molecule has 1 atom stereocenters. The van der Waals surface area contributed by atoms with Gasteiger partial charge in [0.25, 0.3) is 0 Å². The number of halogens is 1. The second-order valence-corrected chi connectivity index (χ2v) is 4.73. The van der Waals surface area contributed by atoms with Crippen molar-refractivity contribution in [1.29, 1.82) is 0 Å². The van der Waals surface area contributed by atoms with Gasteiger partial charge in [0, 0.05) is 13.1 Å². The van der Waals surface area contributed by atoms with E-state index in [1.165, 1.54) is 11.0 Å². The van der Waals surface area contributed by atoms with Crippen molar-refractivity contribution in [2.24, 2.45) is 5.73 Å². The molecular weight excluding hydrogens is 267 g/mol. The molecule has 4 heteroatoms. The normalized spacial score (nSPS) is 12.0. The Bertz CT molecular complexity index is 601. The predicted molar refractivity (Wildman–Crippen MR) is 82.7 cm³/mol. The van der Waals surface area contributed by atoms with E-state index in [0.717, 1.165) is 5.56 Å². The van der Waals surface area contributed by atoms with Gasteiger partial charge in [-0.25, -0.2) is 4.39 Å². The van der Waals surface area contributed by atoms with E-state index in [2.05, 4.69) is 0 Å². The van der Waals surface area contributed by atoms with Crippen molar-refractivity contribution in [3.63, 3.8) is 0 Å². The van der Waals surface area contributed by atoms with Gasteiger partial charge in [-0.1, -0.05) is 42.5 Å². The Labute approximate surface area is 124 Å². The largest absolute Gasteiger partial charge is 0.329 e. The predicted octanol–water partition coefficient (Wildman–Crippen LogP) is 2.92. The monoisotopic (exact) mass is 286 g/mol. The van der Waals surface area contributed by atoms with Crippen LogP contribution in [0, 0.1) is 5.82 Å². The van der Waals surface area contributed by atoms with Crippen molar-refractivity contribution < 1.29 is 9.18 Å². The number of carbonyl (C=O) groups is 1. The number of nitrogens with zero attached hydrogens (tertiary/aromatic N) is 1. The van der Waals surface area contributed by atoms with Crippen LogP contribution in [0.25, 0.3) is 0 Å². The van der Waals surface area contributed by atoms with Crippen molar-refractivity contribution in [2.75, 3.05) is 18.0 Å². The van der Waals surface area contributed by atoms with E-state index in [-0.39, 0.29) is 12.5 Å². The van der Waals surface area contributed by atoms with Crippen LogP contribution in [0.5, 0.6) is 0 Å². The van der Waals surface area contributed by atoms with Gasteiger partial charge < -0.3 is 10.6 Å². The number of likely N-dealkylation sites (N-methyl/N-ethyl adjacent to an activating group) is 1. The summed E-state index contributed by atoms with van der Waals surface area (Å²) in [5.41, 5.74) is 6.91. The molecule has 2 rings (SSSR count). The van der Waals surface area contributed by atoms with Gasteiger partial charge in [0.15, 0.2) is 0 Å². The first-order valence-corrected chi connectivity index (χ1v) is 7.00. The number of hydrogen-bond acceptors (Lipinski definition) is 2. The molecule has 0 heterocycles. The number of nitrogens with two attached hydrogens (primary N) is 1. The Morgan fingerprint density at radius 3 is 2.33 bits per heavy atom. The van der Waals surface area contributed by atoms with Gasteiger partial charge in [-0.3, -0.25) is 4.79 Å². The third kappa shape index (κ3) is 3.28. The van der Waals surface area contributed by atoms with Gasteiger partial charge in [0.05, 0.1) is 11.6 Å². The fraction of sp³-hybridized carbons (Fsp3) is 0.235. The first-order valence-electron chi connectivity index (χ1n) is 7.00. The summed E-state index contributed by atoms with van der Waals surface area (Å²) in [5.74, 6) is -1.06. The van der Waals surface area contributed by atoms with E-state index in [9.17, 15) is 9.18 Å². The van der Waals surface area contributed by atoms with Crippen LogP contribution in [-0.2, 0) is 4.79 Å². The minimum absolute atomic E-state index is 0.184. The zero-order chi connectivity index (χ0) is 15.2. The lowest BCUT2D eigenvalue weighted by atomic mass is 9.97. The molecule has 0 radical (unpaired) electrons. The topological polar surface area (TPSA) is 46.3 Å². The van der Waals surface area contributed by atoms with Crippen LogP contribution in [0.2, 0.25) is 0 Å². The van der Waals surface area contributed by atoms with E-state index in [4.69, 9.17) is 5.73 Å². The maximum absolute atomic E-state index is 13.9. The third-order valence-corrected chi connectivity index (χ3v) is 3.46. The summed E-state index contributed by atoms with van der Waals surface area (Å²) in [7, 11) is 0. The molecular formula is C17H19FN2O. The Hall–Kier alpha value is -2.20. The Morgan fingerprint density at radius 2 is 1.76 bits per heavy atom. The molecule has 21 heavy (non-hydrogen) atoms. The highest BCUT2D eigenvalue weighted by molar-refractivity contribution is 5.98. The highest BCUT2D eigenvalue weighted by Crippen LogP contribution is 2.24. The van der Waals surface area contributed by atoms with Gasteiger partial charge in [0.1, 0.15) is 5.82 Å². The number of rotatable bonds is 5. The zero-order valence-electron chi connectivity index (χ0n) is 12.0. The fourth-order valence-electron chi connectivity index (χ4n) is 2.37. The summed E-state index contributed by atoms with van der Waals surface area (Å²) in [6, 6.07) is 15.6. The number of hydrogen-bond donors (Lipinski definition) is 1. The molecule has 1 amide bonds. The van der Waals surface area contributed by atoms with E-state index in [1.54, 1.807) is 18.2 Å². The van der Waals surface area contributed by atoms with Crippen molar-refractivity contribution in [3.05, 3.63) is 66.0 Å². The lowest BCUT2D eigenvalue weighted by Crippen LogP contribution is -2.38. The van der Waals surface area contributed by atoms with Crippen LogP contribution in [0.4, 0.5) is 10.1 Å². The zero-order valence-corrected chi connectivity index (χ0v) is 12.0. The van der Waals surface area contributed by atoms with Gasteiger partial charge in [0.2, 0.25) is 5.91 Å². The standard InChI is InChI=1S/C17H19FN2O/c1-2-20(16-11-7-6-10-15(16)18)17(21)14(12-19)13-8-4-3-5-9-13/h3-11,14H,2,12,19H2,1H3. The Balaban J connectivity index is 2.33. The number of anilines is 1. The van der Waals surface area contributed by atoms with Crippen LogP contribution in [-0.4, -0.2) is 19.0 Å². The summed E-state index contributed by atoms with van der Waals surface area (Å²) >= 11 is 0. The molecule has 0 fully saturated rings. The van der Waals surface area contributed by atoms with E-state index < -0.39 is 11.7 Å². The average molecular weight is 286 g/mol. The van der Waals surface area contributed by atoms with Gasteiger partial charge in [-0.05, 0) is 24.6 Å². The van der Waals surface area contributed by atoms with E-state index in [0.29, 0.717) is 12.2 Å². The van der Waals surface area contributed by atoms with Crippen molar-refractivity contribution in [3.8, 4) is 0 Å². The van der Waals surface area contributed by atoms with Gasteiger partial charge in [-0.2, -0.15) is 0 Å². The molecule has 0 saturated heterocycles. The molecule has 0 bridgehead atoms. The number of para-hydroxylation sites is 1. The number of benzene rings is 2. The molecule has 2 aromatic carbocycles. The summed E-state index contributed by atoms with van der Waals surface area (Å²) in [6.07, 6.45) is 0. The molecule has 2 aromatic rings. The molecule has 2 N–H and O–H groups in total. The third-order valence-electron chi connectivity index (χ3n) is 3.46. The second-order valence-electron chi connectivity index (χ2n) is 4.73. The summed E-state index contributed by atoms with van der Waals surface area (Å²) in [5, 5.41) is 0. The highest BCUT2D eigenvalue weighted by Gasteiger charge is 2.26. The highest BCUT2D eigenvalue weighted by atomic mass is 19.1. The second kappa shape index (κ2) is 6.99. The van der Waals surface area contributed by atoms with Crippen molar-refractivity contribution in [1.82, 2.24) is 0 Å². The van der Waals surface area contributed by atoms with E-state index >= 15 is 0 Å². The van der Waals surface area contributed by atoms with Crippen LogP contribution < -0.4 is 10.6 Å². The number of carbonyl (C=O) groups excluding carboxylic acids is 1. The molecule has 0 aliphatic heterocycles. The SMILES string of the molecule is CCN(C(=O)C(CN)c1ccccc1)c1ccccc1F. The molecule has 0 aliphatic carbocycles. The first kappa shape index (κ1) is 15.2. The molecule has 0 spiro atoms. The maximum atomic E-state index is 13.9. The summed E-state index contributed by atoms with van der Waals surface area (Å²) < 4.78 is 13.9. The molecule has 0 aliphatic rings. The molecule has 1 unspecified atom stereocenters. The Morgan fingerprint density at radius 1 is 1.14 bits per heavy atom. The molecule has 0 saturated carbocycles.